The molecule has 3 aromatic carbocycles. The number of fused-ring (bicyclic) bond motifs is 3. The Kier molecular flexibility index (Phi) is 7.35. The lowest BCUT2D eigenvalue weighted by atomic mass is 9.90. The van der Waals surface area contributed by atoms with Crippen molar-refractivity contribution in [3.05, 3.63) is 115 Å². The number of nitrogens with zero attached hydrogens (tertiary/aromatic N) is 4. The van der Waals surface area contributed by atoms with E-state index in [-0.39, 0.29) is 21.9 Å². The molecule has 3 heterocycles. The van der Waals surface area contributed by atoms with Gasteiger partial charge >= 0.3 is 0 Å². The van der Waals surface area contributed by atoms with Crippen LogP contribution in [-0.4, -0.2) is 48.0 Å². The van der Waals surface area contributed by atoms with Crippen molar-refractivity contribution in [2.45, 2.75) is 26.8 Å². The number of anilines is 1. The third-order valence-corrected chi connectivity index (χ3v) is 9.22. The number of thiazole rings is 1. The van der Waals surface area contributed by atoms with Crippen LogP contribution in [0.2, 0.25) is 0 Å². The molecule has 1 atom stereocenters. The van der Waals surface area contributed by atoms with E-state index in [9.17, 15) is 14.4 Å². The number of aromatic nitrogens is 1. The number of ether oxygens (including phenoxy) is 1. The zero-order chi connectivity index (χ0) is 30.4. The lowest BCUT2D eigenvalue weighted by Gasteiger charge is -2.30. The van der Waals surface area contributed by atoms with Crippen molar-refractivity contribution in [2.75, 3.05) is 31.6 Å². The summed E-state index contributed by atoms with van der Waals surface area (Å²) in [5, 5.41) is 1.82. The van der Waals surface area contributed by atoms with Crippen molar-refractivity contribution in [3.8, 4) is 5.75 Å². The molecule has 218 valence electrons. The van der Waals surface area contributed by atoms with Gasteiger partial charge < -0.3 is 14.5 Å². The van der Waals surface area contributed by atoms with Crippen LogP contribution in [0.4, 0.5) is 5.69 Å². The van der Waals surface area contributed by atoms with Gasteiger partial charge in [-0.25, -0.2) is 4.99 Å². The second-order valence-corrected chi connectivity index (χ2v) is 11.4. The molecule has 1 aromatic heterocycles. The average molecular weight is 593 g/mol. The molecule has 4 aromatic rings. The van der Waals surface area contributed by atoms with Gasteiger partial charge in [-0.3, -0.25) is 19.0 Å². The van der Waals surface area contributed by atoms with Gasteiger partial charge in [-0.2, -0.15) is 0 Å². The van der Waals surface area contributed by atoms with Crippen LogP contribution in [-0.2, 0) is 9.59 Å². The minimum Gasteiger partial charge on any atom is -0.496 e. The van der Waals surface area contributed by atoms with E-state index >= 15 is 0 Å². The largest absolute Gasteiger partial charge is 0.496 e. The molecule has 9 heteroatoms. The molecule has 43 heavy (non-hydrogen) atoms. The first kappa shape index (κ1) is 28.4. The smallest absolute Gasteiger partial charge is 0.271 e. The van der Waals surface area contributed by atoms with Crippen LogP contribution >= 0.6 is 11.3 Å². The maximum Gasteiger partial charge on any atom is 0.271 e. The zero-order valence-electron chi connectivity index (χ0n) is 24.6. The second kappa shape index (κ2) is 11.1. The number of carbonyl (C=O) groups is 2. The number of hydrogen-bond donors (Lipinski definition) is 0. The maximum atomic E-state index is 14.6. The summed E-state index contributed by atoms with van der Waals surface area (Å²) in [6.45, 7) is 10.8. The van der Waals surface area contributed by atoms with Crippen LogP contribution in [0.25, 0.3) is 16.3 Å². The number of hydrogen-bond acceptors (Lipinski definition) is 6. The number of para-hydroxylation sites is 1. The highest BCUT2D eigenvalue weighted by Gasteiger charge is 2.39. The number of amides is 2. The van der Waals surface area contributed by atoms with Crippen LogP contribution < -0.4 is 24.5 Å². The lowest BCUT2D eigenvalue weighted by Crippen LogP contribution is -2.43. The molecule has 0 radical (unpaired) electrons. The molecule has 8 nitrogen and oxygen atoms in total. The van der Waals surface area contributed by atoms with Crippen molar-refractivity contribution in [2.24, 2.45) is 4.99 Å². The van der Waals surface area contributed by atoms with E-state index in [1.807, 2.05) is 81.4 Å². The van der Waals surface area contributed by atoms with Crippen LogP contribution in [0, 0.1) is 0 Å². The van der Waals surface area contributed by atoms with Gasteiger partial charge in [-0.05, 0) is 43.7 Å². The van der Waals surface area contributed by atoms with E-state index in [2.05, 4.69) is 6.58 Å². The summed E-state index contributed by atoms with van der Waals surface area (Å²) in [6.07, 6.45) is 1.67. The van der Waals surface area contributed by atoms with Crippen molar-refractivity contribution < 1.29 is 14.3 Å². The molecule has 6 rings (SSSR count). The van der Waals surface area contributed by atoms with Crippen molar-refractivity contribution in [1.82, 2.24) is 9.47 Å². The van der Waals surface area contributed by atoms with Crippen molar-refractivity contribution in [1.29, 1.82) is 0 Å². The quantitative estimate of drug-likeness (QED) is 0.302. The van der Waals surface area contributed by atoms with Gasteiger partial charge in [0.15, 0.2) is 4.80 Å². The van der Waals surface area contributed by atoms with Crippen molar-refractivity contribution >= 4 is 45.2 Å². The summed E-state index contributed by atoms with van der Waals surface area (Å²) in [7, 11) is 1.59. The summed E-state index contributed by atoms with van der Waals surface area (Å²) in [5.74, 6) is 0.102. The standard InChI is InChI=1S/C34H32N4O4S/c1-6-19-37-24-16-12-11-15-23(24)28(32(37)40)30-33(41)38-29(27-22-14-10-9-13-21(22)17-18-25(27)42-5)26(20(4)35-34(38)43-30)31(39)36(7-2)8-3/h6,9-18,29H,1,7-8,19H2,2-5H3/b30-28-/t29-/m1/s1. The monoisotopic (exact) mass is 592 g/mol. The Bertz CT molecular complexity index is 2030. The first-order valence-electron chi connectivity index (χ1n) is 14.3. The molecule has 2 amide bonds. The number of likely N-dealkylation sites (N-methyl/N-ethyl adjacent to an activating group) is 1. The Balaban J connectivity index is 1.72. The summed E-state index contributed by atoms with van der Waals surface area (Å²) < 4.78 is 7.75. The molecule has 0 fully saturated rings. The molecule has 2 aliphatic rings. The highest BCUT2D eigenvalue weighted by molar-refractivity contribution is 7.07. The van der Waals surface area contributed by atoms with Gasteiger partial charge in [-0.15, -0.1) is 6.58 Å². The molecular formula is C34H32N4O4S. The predicted molar refractivity (Wildman–Crippen MR) is 170 cm³/mol. The van der Waals surface area contributed by atoms with E-state index < -0.39 is 6.04 Å². The molecule has 0 saturated heterocycles. The molecule has 0 unspecified atom stereocenters. The van der Waals surface area contributed by atoms with Crippen LogP contribution in [0.5, 0.6) is 5.75 Å². The summed E-state index contributed by atoms with van der Waals surface area (Å²) in [5.41, 5.74) is 3.02. The van der Waals surface area contributed by atoms with Gasteiger partial charge in [0, 0.05) is 30.8 Å². The lowest BCUT2D eigenvalue weighted by molar-refractivity contribution is -0.127. The third kappa shape index (κ3) is 4.34. The molecule has 2 aliphatic heterocycles. The number of rotatable bonds is 7. The highest BCUT2D eigenvalue weighted by atomic mass is 32.1. The minimum atomic E-state index is -0.823. The van der Waals surface area contributed by atoms with Gasteiger partial charge in [0.1, 0.15) is 16.3 Å². The summed E-state index contributed by atoms with van der Waals surface area (Å²) in [6, 6.07) is 18.3. The summed E-state index contributed by atoms with van der Waals surface area (Å²) in [4.78, 5) is 51.3. The van der Waals surface area contributed by atoms with E-state index in [4.69, 9.17) is 9.73 Å². The molecule has 0 aliphatic carbocycles. The fraction of sp³-hybridized carbons (Fsp3) is 0.235. The molecule has 0 bridgehead atoms. The maximum absolute atomic E-state index is 14.6. The highest BCUT2D eigenvalue weighted by Crippen LogP contribution is 2.41. The first-order chi connectivity index (χ1) is 20.9. The number of benzene rings is 3. The van der Waals surface area contributed by atoms with Crippen LogP contribution in [0.1, 0.15) is 37.9 Å². The fourth-order valence-electron chi connectivity index (χ4n) is 6.15. The fourth-order valence-corrected chi connectivity index (χ4v) is 7.28. The Morgan fingerprint density at radius 3 is 2.51 bits per heavy atom. The van der Waals surface area contributed by atoms with Gasteiger partial charge in [0.05, 0.1) is 29.6 Å². The minimum absolute atomic E-state index is 0.191. The molecule has 0 spiro atoms. The van der Waals surface area contributed by atoms with Crippen LogP contribution in [0.15, 0.2) is 94.4 Å². The third-order valence-electron chi connectivity index (χ3n) is 8.16. The summed E-state index contributed by atoms with van der Waals surface area (Å²) >= 11 is 1.17. The van der Waals surface area contributed by atoms with Gasteiger partial charge in [-0.1, -0.05) is 65.9 Å². The van der Waals surface area contributed by atoms with E-state index in [1.54, 1.807) is 27.6 Å². The molecule has 0 N–H and O–H groups in total. The second-order valence-electron chi connectivity index (χ2n) is 10.4. The predicted octanol–water partition coefficient (Wildman–Crippen LogP) is 4.17. The Hall–Kier alpha value is -4.76. The van der Waals surface area contributed by atoms with Gasteiger partial charge in [0.25, 0.3) is 17.4 Å². The Morgan fingerprint density at radius 1 is 1.07 bits per heavy atom. The van der Waals surface area contributed by atoms with Crippen LogP contribution in [0.3, 0.4) is 0 Å². The SMILES string of the molecule is C=CCN1C(=O)/C(=c2\sc3n(c2=O)[C@@H](c2c(OC)ccc4ccccc24)C(C(=O)N(CC)CC)=C(C)N=3)c2ccccc21. The molecular weight excluding hydrogens is 560 g/mol. The molecule has 0 saturated carbocycles. The van der Waals surface area contributed by atoms with Gasteiger partial charge in [0.2, 0.25) is 0 Å². The number of allylic oxidation sites excluding steroid dienone is 1. The number of carbonyl (C=O) groups excluding carboxylic acids is 2. The normalized spacial score (nSPS) is 17.1. The van der Waals surface area contributed by atoms with E-state index in [0.717, 1.165) is 16.5 Å². The average Bonchev–Trinajstić information content (AvgIpc) is 3.48. The topological polar surface area (TPSA) is 84.2 Å². The van der Waals surface area contributed by atoms with Crippen molar-refractivity contribution in [3.63, 3.8) is 0 Å². The van der Waals surface area contributed by atoms with E-state index in [1.165, 1.54) is 11.3 Å². The first-order valence-corrected chi connectivity index (χ1v) is 15.1. The van der Waals surface area contributed by atoms with E-state index in [0.29, 0.717) is 58.2 Å². The Labute approximate surface area is 253 Å². The Morgan fingerprint density at radius 2 is 1.79 bits per heavy atom. The zero-order valence-corrected chi connectivity index (χ0v) is 25.4. The number of methoxy groups -OCH3 is 1.